The summed E-state index contributed by atoms with van der Waals surface area (Å²) >= 11 is 0. The first kappa shape index (κ1) is 27.6. The second-order valence-corrected chi connectivity index (χ2v) is 11.0. The highest BCUT2D eigenvalue weighted by molar-refractivity contribution is 7.92. The minimum Gasteiger partial charge on any atom is -0.470 e. The zero-order valence-electron chi connectivity index (χ0n) is 20.6. The first-order chi connectivity index (χ1) is 18.3. The molecule has 4 rings (SSSR count). The zero-order valence-corrected chi connectivity index (χ0v) is 21.4. The van der Waals surface area contributed by atoms with E-state index in [4.69, 9.17) is 24.5 Å². The number of furan rings is 1. The molecule has 2 aromatic carbocycles. The number of carbonyl (C=O) groups is 1. The Balaban J connectivity index is 1.32. The van der Waals surface area contributed by atoms with Crippen LogP contribution in [0.15, 0.2) is 82.5 Å². The van der Waals surface area contributed by atoms with Gasteiger partial charge in [0.15, 0.2) is 5.44 Å². The number of nitrogens with two attached hydrogens (primary N) is 1. The molecule has 3 aromatic rings. The summed E-state index contributed by atoms with van der Waals surface area (Å²) in [5.41, 5.74) is 9.00. The first-order valence-corrected chi connectivity index (χ1v) is 13.7. The molecule has 1 amide bonds. The lowest BCUT2D eigenvalue weighted by Gasteiger charge is -2.30. The Bertz CT molecular complexity index is 1270. The number of rotatable bonds is 11. The molecule has 2 heterocycles. The molecule has 1 aromatic heterocycles. The molecule has 1 aliphatic rings. The van der Waals surface area contributed by atoms with Crippen molar-refractivity contribution in [3.8, 4) is 0 Å². The summed E-state index contributed by atoms with van der Waals surface area (Å²) in [6.07, 6.45) is 0.340. The molecule has 1 fully saturated rings. The fraction of sp³-hybridized carbons (Fsp3) is 0.346. The lowest BCUT2D eigenvalue weighted by Crippen LogP contribution is -2.44. The molecule has 4 atom stereocenters. The van der Waals surface area contributed by atoms with E-state index in [1.807, 2.05) is 30.3 Å². The Labute approximate surface area is 220 Å². The van der Waals surface area contributed by atoms with Gasteiger partial charge in [0.05, 0.1) is 36.1 Å². The van der Waals surface area contributed by atoms with Gasteiger partial charge in [0.1, 0.15) is 18.5 Å². The normalized spacial score (nSPS) is 19.4. The Hall–Kier alpha value is -3.42. The van der Waals surface area contributed by atoms with Gasteiger partial charge in [-0.1, -0.05) is 36.4 Å². The Morgan fingerprint density at radius 1 is 1.16 bits per heavy atom. The number of carbonyl (C=O) groups excluding carboxylic acids is 1. The maximum atomic E-state index is 13.0. The molecule has 4 unspecified atom stereocenters. The number of nitrogen functional groups attached to an aromatic ring is 1. The van der Waals surface area contributed by atoms with E-state index in [0.717, 1.165) is 5.56 Å². The summed E-state index contributed by atoms with van der Waals surface area (Å²) in [5.74, 6) is 0. The van der Waals surface area contributed by atoms with Crippen molar-refractivity contribution in [2.75, 3.05) is 24.2 Å². The smallest absolute Gasteiger partial charge is 0.412 e. The molecule has 0 bridgehead atoms. The van der Waals surface area contributed by atoms with Crippen molar-refractivity contribution in [1.29, 1.82) is 0 Å². The van der Waals surface area contributed by atoms with Gasteiger partial charge in [-0.15, -0.1) is 0 Å². The van der Waals surface area contributed by atoms with Gasteiger partial charge in [-0.2, -0.15) is 5.48 Å². The first-order valence-electron chi connectivity index (χ1n) is 12.1. The molecular formula is C26H31N3O8S. The number of anilines is 2. The summed E-state index contributed by atoms with van der Waals surface area (Å²) < 4.78 is 41.9. The molecule has 38 heavy (non-hydrogen) atoms. The van der Waals surface area contributed by atoms with E-state index in [1.165, 1.54) is 24.7 Å². The number of aliphatic hydroxyl groups is 1. The van der Waals surface area contributed by atoms with Crippen molar-refractivity contribution in [2.24, 2.45) is 0 Å². The second-order valence-electron chi connectivity index (χ2n) is 8.87. The van der Waals surface area contributed by atoms with Gasteiger partial charge in [0.2, 0.25) is 9.84 Å². The quantitative estimate of drug-likeness (QED) is 0.208. The monoisotopic (exact) mass is 545 g/mol. The van der Waals surface area contributed by atoms with Gasteiger partial charge in [-0.05, 0) is 30.2 Å². The predicted octanol–water partition coefficient (Wildman–Crippen LogP) is 2.88. The Morgan fingerprint density at radius 3 is 2.71 bits per heavy atom. The van der Waals surface area contributed by atoms with E-state index in [2.05, 4.69) is 10.8 Å². The van der Waals surface area contributed by atoms with Crippen LogP contribution in [0.5, 0.6) is 0 Å². The topological polar surface area (TPSA) is 162 Å². The number of hydroxylamine groups is 1. The Morgan fingerprint density at radius 2 is 1.97 bits per heavy atom. The van der Waals surface area contributed by atoms with Gasteiger partial charge >= 0.3 is 6.09 Å². The van der Waals surface area contributed by atoms with Gasteiger partial charge in [0.25, 0.3) is 0 Å². The molecule has 12 heteroatoms. The van der Waals surface area contributed by atoms with Crippen molar-refractivity contribution in [2.45, 2.75) is 47.9 Å². The molecule has 0 radical (unpaired) electrons. The van der Waals surface area contributed by atoms with E-state index >= 15 is 0 Å². The minimum atomic E-state index is -3.77. The summed E-state index contributed by atoms with van der Waals surface area (Å²) in [6.45, 7) is 0.121. The third kappa shape index (κ3) is 7.55. The molecular weight excluding hydrogens is 514 g/mol. The van der Waals surface area contributed by atoms with E-state index in [1.54, 1.807) is 18.2 Å². The number of amides is 1. The van der Waals surface area contributed by atoms with Crippen molar-refractivity contribution in [1.82, 2.24) is 5.48 Å². The number of sulfone groups is 1. The van der Waals surface area contributed by atoms with Crippen LogP contribution in [0.1, 0.15) is 18.4 Å². The van der Waals surface area contributed by atoms with Gasteiger partial charge in [-0.3, -0.25) is 10.2 Å². The molecule has 0 aliphatic carbocycles. The van der Waals surface area contributed by atoms with E-state index in [0.29, 0.717) is 17.8 Å². The van der Waals surface area contributed by atoms with Gasteiger partial charge in [0, 0.05) is 24.6 Å². The van der Waals surface area contributed by atoms with Crippen molar-refractivity contribution < 1.29 is 37.0 Å². The maximum Gasteiger partial charge on any atom is 0.412 e. The van der Waals surface area contributed by atoms with Crippen LogP contribution in [0.25, 0.3) is 0 Å². The van der Waals surface area contributed by atoms with Crippen LogP contribution in [0.4, 0.5) is 16.2 Å². The fourth-order valence-corrected chi connectivity index (χ4v) is 5.62. The number of hydrogen-bond acceptors (Lipinski definition) is 10. The average Bonchev–Trinajstić information content (AvgIpc) is 3.42. The fourth-order valence-electron chi connectivity index (χ4n) is 4.00. The third-order valence-electron chi connectivity index (χ3n) is 6.01. The van der Waals surface area contributed by atoms with Crippen LogP contribution in [0.2, 0.25) is 0 Å². The number of hydrogen-bond donors (Lipinski definition) is 4. The molecule has 5 N–H and O–H groups in total. The second kappa shape index (κ2) is 12.9. The van der Waals surface area contributed by atoms with Crippen LogP contribution in [-0.4, -0.2) is 56.5 Å². The average molecular weight is 546 g/mol. The lowest BCUT2D eigenvalue weighted by molar-refractivity contribution is -0.101. The van der Waals surface area contributed by atoms with Crippen molar-refractivity contribution in [3.63, 3.8) is 0 Å². The van der Waals surface area contributed by atoms with E-state index < -0.39 is 39.7 Å². The number of nitrogens with one attached hydrogen (secondary N) is 2. The molecule has 1 saturated heterocycles. The summed E-state index contributed by atoms with van der Waals surface area (Å²) in [4.78, 5) is 18.2. The molecule has 0 spiro atoms. The molecule has 0 saturated carbocycles. The zero-order chi connectivity index (χ0) is 27.0. The molecule has 1 aliphatic heterocycles. The highest BCUT2D eigenvalue weighted by atomic mass is 32.2. The van der Waals surface area contributed by atoms with Gasteiger partial charge < -0.3 is 24.7 Å². The lowest BCUT2D eigenvalue weighted by atomic mass is 10.0. The van der Waals surface area contributed by atoms with Crippen LogP contribution in [-0.2, 0) is 30.6 Å². The third-order valence-corrected chi connectivity index (χ3v) is 7.94. The largest absolute Gasteiger partial charge is 0.470 e. The van der Waals surface area contributed by atoms with Crippen LogP contribution in [0.3, 0.4) is 0 Å². The van der Waals surface area contributed by atoms with Gasteiger partial charge in [-0.25, -0.2) is 13.2 Å². The number of benzene rings is 2. The van der Waals surface area contributed by atoms with Crippen molar-refractivity contribution in [3.05, 3.63) is 78.8 Å². The molecule has 11 nitrogen and oxygen atoms in total. The standard InChI is InChI=1S/C26H31N3O8S/c27-19-7-4-8-22(14-19)38(32,33)25-15-21(10-12-35-25)37-28-16-23(30)24(13-18-5-2-1-3-6-18)36-26(31)29-20-9-11-34-17-20/h1-9,11,14,17,21,23-25,28,30H,10,12-13,15-16,27H2,(H,29,31). The highest BCUT2D eigenvalue weighted by Crippen LogP contribution is 2.27. The SMILES string of the molecule is Nc1cccc(S(=O)(=O)C2CC(ONCC(O)C(Cc3ccccc3)OC(=O)Nc3ccoc3)CCO2)c1. The highest BCUT2D eigenvalue weighted by Gasteiger charge is 2.35. The van der Waals surface area contributed by atoms with E-state index in [-0.39, 0.29) is 30.9 Å². The Kier molecular flexibility index (Phi) is 9.37. The van der Waals surface area contributed by atoms with Crippen molar-refractivity contribution >= 4 is 27.3 Å². The van der Waals surface area contributed by atoms with E-state index in [9.17, 15) is 18.3 Å². The predicted molar refractivity (Wildman–Crippen MR) is 139 cm³/mol. The maximum absolute atomic E-state index is 13.0. The summed E-state index contributed by atoms with van der Waals surface area (Å²) in [7, 11) is -3.77. The number of ether oxygens (including phenoxy) is 2. The number of aliphatic hydroxyl groups excluding tert-OH is 1. The summed E-state index contributed by atoms with van der Waals surface area (Å²) in [5, 5.41) is 13.4. The van der Waals surface area contributed by atoms with Crippen LogP contribution < -0.4 is 16.5 Å². The minimum absolute atomic E-state index is 0.0690. The van der Waals surface area contributed by atoms with Crippen LogP contribution in [0, 0.1) is 0 Å². The van der Waals surface area contributed by atoms with Crippen LogP contribution >= 0.6 is 0 Å². The summed E-state index contributed by atoms with van der Waals surface area (Å²) in [6, 6.07) is 16.9. The molecule has 204 valence electrons.